The van der Waals surface area contributed by atoms with Crippen LogP contribution in [-0.2, 0) is 14.3 Å². The van der Waals surface area contributed by atoms with Crippen LogP contribution in [0.15, 0.2) is 24.3 Å². The van der Waals surface area contributed by atoms with Crippen LogP contribution >= 0.6 is 0 Å². The summed E-state index contributed by atoms with van der Waals surface area (Å²) in [6.07, 6.45) is 5.06. The number of methoxy groups -OCH3 is 1. The maximum Gasteiger partial charge on any atom is 0.313 e. The second-order valence-electron chi connectivity index (χ2n) is 7.10. The predicted octanol–water partition coefficient (Wildman–Crippen LogP) is 2.88. The van der Waals surface area contributed by atoms with E-state index in [1.165, 1.54) is 25.7 Å². The van der Waals surface area contributed by atoms with Crippen molar-refractivity contribution in [1.29, 1.82) is 0 Å². The van der Waals surface area contributed by atoms with E-state index in [1.807, 2.05) is 25.1 Å². The molecule has 2 bridgehead atoms. The summed E-state index contributed by atoms with van der Waals surface area (Å²) in [5.41, 5.74) is 1.56. The zero-order valence-electron chi connectivity index (χ0n) is 14.4. The molecule has 5 heteroatoms. The van der Waals surface area contributed by atoms with Crippen LogP contribution in [0.2, 0.25) is 0 Å². The molecule has 0 spiro atoms. The van der Waals surface area contributed by atoms with E-state index in [9.17, 15) is 9.59 Å². The Morgan fingerprint density at radius 2 is 2.08 bits per heavy atom. The second-order valence-corrected chi connectivity index (χ2v) is 7.10. The highest BCUT2D eigenvalue weighted by molar-refractivity contribution is 6.39. The van der Waals surface area contributed by atoms with Crippen molar-refractivity contribution >= 4 is 17.5 Å². The van der Waals surface area contributed by atoms with Crippen LogP contribution in [0, 0.1) is 17.8 Å². The Hall–Kier alpha value is -1.88. The van der Waals surface area contributed by atoms with Gasteiger partial charge in [-0.15, -0.1) is 0 Å². The summed E-state index contributed by atoms with van der Waals surface area (Å²) in [6.45, 7) is 2.55. The molecule has 0 unspecified atom stereocenters. The number of rotatable bonds is 5. The molecule has 1 aromatic carbocycles. The van der Waals surface area contributed by atoms with Gasteiger partial charge in [-0.3, -0.25) is 9.59 Å². The van der Waals surface area contributed by atoms with Crippen molar-refractivity contribution in [3.05, 3.63) is 29.8 Å². The predicted molar refractivity (Wildman–Crippen MR) is 92.4 cm³/mol. The maximum absolute atomic E-state index is 12.1. The highest BCUT2D eigenvalue weighted by Crippen LogP contribution is 2.47. The monoisotopic (exact) mass is 330 g/mol. The molecule has 0 heterocycles. The third-order valence-electron chi connectivity index (χ3n) is 5.58. The van der Waals surface area contributed by atoms with Gasteiger partial charge in [-0.25, -0.2) is 0 Å². The Labute approximate surface area is 143 Å². The molecule has 130 valence electrons. The summed E-state index contributed by atoms with van der Waals surface area (Å²) in [6, 6.07) is 7.37. The quantitative estimate of drug-likeness (QED) is 0.816. The average molecular weight is 330 g/mol. The smallest absolute Gasteiger partial charge is 0.313 e. The minimum absolute atomic E-state index is 0.0616. The average Bonchev–Trinajstić information content (AvgIpc) is 3.22. The Morgan fingerprint density at radius 3 is 2.75 bits per heavy atom. The fraction of sp³-hybridized carbons (Fsp3) is 0.579. The fourth-order valence-corrected chi connectivity index (χ4v) is 4.12. The molecule has 4 atom stereocenters. The van der Waals surface area contributed by atoms with Crippen molar-refractivity contribution in [1.82, 2.24) is 5.32 Å². The van der Waals surface area contributed by atoms with E-state index in [1.54, 1.807) is 13.2 Å². The number of ether oxygens (including phenoxy) is 1. The lowest BCUT2D eigenvalue weighted by Gasteiger charge is -2.21. The van der Waals surface area contributed by atoms with Crippen LogP contribution in [0.1, 0.15) is 44.3 Å². The van der Waals surface area contributed by atoms with Gasteiger partial charge in [0.1, 0.15) is 0 Å². The minimum atomic E-state index is -0.611. The highest BCUT2D eigenvalue weighted by atomic mass is 16.5. The first-order valence-corrected chi connectivity index (χ1v) is 8.78. The molecule has 3 rings (SSSR count). The lowest BCUT2D eigenvalue weighted by atomic mass is 9.89. The van der Waals surface area contributed by atoms with E-state index in [2.05, 4.69) is 10.6 Å². The van der Waals surface area contributed by atoms with E-state index < -0.39 is 11.8 Å². The van der Waals surface area contributed by atoms with Gasteiger partial charge in [0.2, 0.25) is 0 Å². The Bertz CT molecular complexity index is 616. The van der Waals surface area contributed by atoms with Gasteiger partial charge in [-0.05, 0) is 61.6 Å². The third kappa shape index (κ3) is 3.78. The molecule has 1 aromatic rings. The molecule has 2 fully saturated rings. The van der Waals surface area contributed by atoms with E-state index in [4.69, 9.17) is 4.74 Å². The lowest BCUT2D eigenvalue weighted by molar-refractivity contribution is -0.136. The molecule has 2 aliphatic carbocycles. The van der Waals surface area contributed by atoms with Crippen molar-refractivity contribution < 1.29 is 14.3 Å². The number of carbonyl (C=O) groups is 2. The number of carbonyl (C=O) groups excluding carboxylic acids is 2. The first-order valence-electron chi connectivity index (χ1n) is 8.78. The first kappa shape index (κ1) is 17.0. The summed E-state index contributed by atoms with van der Waals surface area (Å²) in [4.78, 5) is 24.1. The molecule has 0 aromatic heterocycles. The summed E-state index contributed by atoms with van der Waals surface area (Å²) in [5, 5.41) is 5.47. The van der Waals surface area contributed by atoms with Crippen LogP contribution < -0.4 is 10.6 Å². The molecule has 2 saturated carbocycles. The standard InChI is InChI=1S/C19H26N2O3/c1-12(24-2)14-4-3-5-17(10-14)21-19(23)18(22)20-11-16-9-13-6-7-15(16)8-13/h3-5,10,12-13,15-16H,6-9,11H2,1-2H3,(H,20,22)(H,21,23)/t12-,13+,15+,16-/m1/s1. The zero-order valence-corrected chi connectivity index (χ0v) is 14.4. The molecule has 2 amide bonds. The summed E-state index contributed by atoms with van der Waals surface area (Å²) in [5.74, 6) is 0.969. The van der Waals surface area contributed by atoms with E-state index in [0.29, 0.717) is 18.2 Å². The zero-order chi connectivity index (χ0) is 17.1. The van der Waals surface area contributed by atoms with Gasteiger partial charge < -0.3 is 15.4 Å². The Balaban J connectivity index is 1.50. The largest absolute Gasteiger partial charge is 0.377 e. The van der Waals surface area contributed by atoms with Crippen molar-refractivity contribution in [3.63, 3.8) is 0 Å². The maximum atomic E-state index is 12.1. The van der Waals surface area contributed by atoms with Gasteiger partial charge in [0.15, 0.2) is 0 Å². The van der Waals surface area contributed by atoms with Gasteiger partial charge in [0.25, 0.3) is 0 Å². The number of benzene rings is 1. The van der Waals surface area contributed by atoms with Crippen LogP contribution in [0.5, 0.6) is 0 Å². The van der Waals surface area contributed by atoms with E-state index >= 15 is 0 Å². The lowest BCUT2D eigenvalue weighted by Crippen LogP contribution is -2.39. The topological polar surface area (TPSA) is 67.4 Å². The first-order chi connectivity index (χ1) is 11.6. The van der Waals surface area contributed by atoms with Crippen LogP contribution in [0.4, 0.5) is 5.69 Å². The van der Waals surface area contributed by atoms with Crippen LogP contribution in [0.25, 0.3) is 0 Å². The number of hydrogen-bond donors (Lipinski definition) is 2. The van der Waals surface area contributed by atoms with Crippen molar-refractivity contribution in [2.75, 3.05) is 19.0 Å². The van der Waals surface area contributed by atoms with Crippen LogP contribution in [-0.4, -0.2) is 25.5 Å². The molecular formula is C19H26N2O3. The molecule has 0 radical (unpaired) electrons. The van der Waals surface area contributed by atoms with Gasteiger partial charge in [0.05, 0.1) is 6.10 Å². The van der Waals surface area contributed by atoms with E-state index in [0.717, 1.165) is 17.4 Å². The summed E-state index contributed by atoms with van der Waals surface area (Å²) < 4.78 is 5.27. The van der Waals surface area contributed by atoms with Gasteiger partial charge in [-0.1, -0.05) is 18.6 Å². The van der Waals surface area contributed by atoms with Crippen LogP contribution in [0.3, 0.4) is 0 Å². The van der Waals surface area contributed by atoms with Crippen molar-refractivity contribution in [2.24, 2.45) is 17.8 Å². The molecule has 5 nitrogen and oxygen atoms in total. The van der Waals surface area contributed by atoms with Gasteiger partial charge >= 0.3 is 11.8 Å². The highest BCUT2D eigenvalue weighted by Gasteiger charge is 2.39. The molecule has 24 heavy (non-hydrogen) atoms. The number of nitrogens with one attached hydrogen (secondary N) is 2. The van der Waals surface area contributed by atoms with E-state index in [-0.39, 0.29) is 6.10 Å². The number of hydrogen-bond acceptors (Lipinski definition) is 3. The minimum Gasteiger partial charge on any atom is -0.377 e. The Kier molecular flexibility index (Phi) is 5.19. The van der Waals surface area contributed by atoms with Crippen molar-refractivity contribution in [3.8, 4) is 0 Å². The number of anilines is 1. The van der Waals surface area contributed by atoms with Gasteiger partial charge in [-0.2, -0.15) is 0 Å². The number of amides is 2. The molecule has 2 N–H and O–H groups in total. The summed E-state index contributed by atoms with van der Waals surface area (Å²) >= 11 is 0. The third-order valence-corrected chi connectivity index (χ3v) is 5.58. The molecule has 0 aliphatic heterocycles. The molecule has 0 saturated heterocycles. The molecular weight excluding hydrogens is 304 g/mol. The fourth-order valence-electron chi connectivity index (χ4n) is 4.12. The van der Waals surface area contributed by atoms with Crippen molar-refractivity contribution in [2.45, 2.75) is 38.7 Å². The SMILES string of the molecule is CO[C@H](C)c1cccc(NC(=O)C(=O)NC[C@H]2C[C@H]3CC[C@H]2C3)c1. The molecule has 2 aliphatic rings. The summed E-state index contributed by atoms with van der Waals surface area (Å²) in [7, 11) is 1.64. The second kappa shape index (κ2) is 7.34. The normalized spacial score (nSPS) is 26.2. The Morgan fingerprint density at radius 1 is 1.25 bits per heavy atom. The van der Waals surface area contributed by atoms with Gasteiger partial charge in [0, 0.05) is 19.3 Å². The number of fused-ring (bicyclic) bond motifs is 2.